The Hall–Kier alpha value is -1.95. The Kier molecular flexibility index (Phi) is 4.38. The van der Waals surface area contributed by atoms with Gasteiger partial charge in [0.1, 0.15) is 5.01 Å². The number of amides is 2. The minimum Gasteiger partial charge on any atom is -0.332 e. The Labute approximate surface area is 134 Å². The van der Waals surface area contributed by atoms with Gasteiger partial charge in [0.15, 0.2) is 0 Å². The van der Waals surface area contributed by atoms with E-state index in [0.29, 0.717) is 12.5 Å². The maximum absolute atomic E-state index is 12.2. The average molecular weight is 316 g/mol. The quantitative estimate of drug-likeness (QED) is 0.890. The fourth-order valence-corrected chi connectivity index (χ4v) is 3.32. The van der Waals surface area contributed by atoms with E-state index in [9.17, 15) is 4.79 Å². The second-order valence-corrected chi connectivity index (χ2v) is 6.63. The third kappa shape index (κ3) is 3.62. The standard InChI is InChI=1S/C16H20N4OS/c1-10-4-3-7-17-13(10)8-18-16(21)20-14(12-5-6-12)15-19-11(2)9-22-15/h3-4,7,9,12,14H,5-6,8H2,1-2H3,(H2,18,20,21)/t14-/m0/s1. The van der Waals surface area contributed by atoms with E-state index in [1.807, 2.05) is 31.4 Å². The molecule has 0 unspecified atom stereocenters. The molecule has 2 amide bonds. The Balaban J connectivity index is 1.59. The first kappa shape index (κ1) is 15.0. The Bertz CT molecular complexity index is 666. The molecule has 2 aromatic heterocycles. The first-order valence-electron chi connectivity index (χ1n) is 7.50. The smallest absolute Gasteiger partial charge is 0.315 e. The first-order chi connectivity index (χ1) is 10.6. The van der Waals surface area contributed by atoms with Gasteiger partial charge in [0.05, 0.1) is 18.3 Å². The van der Waals surface area contributed by atoms with Crippen LogP contribution in [0.15, 0.2) is 23.7 Å². The van der Waals surface area contributed by atoms with Crippen molar-refractivity contribution in [3.63, 3.8) is 0 Å². The van der Waals surface area contributed by atoms with Crippen LogP contribution in [0.25, 0.3) is 0 Å². The Morgan fingerprint density at radius 1 is 1.45 bits per heavy atom. The second-order valence-electron chi connectivity index (χ2n) is 5.74. The Morgan fingerprint density at radius 2 is 2.27 bits per heavy atom. The van der Waals surface area contributed by atoms with E-state index in [1.165, 1.54) is 0 Å². The summed E-state index contributed by atoms with van der Waals surface area (Å²) in [6.45, 7) is 4.41. The van der Waals surface area contributed by atoms with Gasteiger partial charge in [0.25, 0.3) is 0 Å². The highest BCUT2D eigenvalue weighted by Gasteiger charge is 2.35. The van der Waals surface area contributed by atoms with Crippen molar-refractivity contribution in [1.29, 1.82) is 0 Å². The van der Waals surface area contributed by atoms with Crippen LogP contribution >= 0.6 is 11.3 Å². The van der Waals surface area contributed by atoms with Crippen molar-refractivity contribution >= 4 is 17.4 Å². The molecule has 0 spiro atoms. The number of nitrogens with one attached hydrogen (secondary N) is 2. The third-order valence-electron chi connectivity index (χ3n) is 3.82. The SMILES string of the molecule is Cc1csc([C@@H](NC(=O)NCc2ncccc2C)C2CC2)n1. The number of carbonyl (C=O) groups excluding carboxylic acids is 1. The van der Waals surface area contributed by atoms with Crippen LogP contribution in [0, 0.1) is 19.8 Å². The fourth-order valence-electron chi connectivity index (χ4n) is 2.39. The van der Waals surface area contributed by atoms with Crippen LogP contribution in [0.2, 0.25) is 0 Å². The lowest BCUT2D eigenvalue weighted by Crippen LogP contribution is -2.38. The molecular formula is C16H20N4OS. The number of rotatable bonds is 5. The van der Waals surface area contributed by atoms with Gasteiger partial charge < -0.3 is 10.6 Å². The number of carbonyl (C=O) groups is 1. The number of nitrogens with zero attached hydrogens (tertiary/aromatic N) is 2. The summed E-state index contributed by atoms with van der Waals surface area (Å²) < 4.78 is 0. The van der Waals surface area contributed by atoms with Gasteiger partial charge in [-0.1, -0.05) is 6.07 Å². The van der Waals surface area contributed by atoms with Crippen molar-refractivity contribution < 1.29 is 4.79 Å². The van der Waals surface area contributed by atoms with Gasteiger partial charge in [-0.25, -0.2) is 9.78 Å². The lowest BCUT2D eigenvalue weighted by Gasteiger charge is -2.16. The van der Waals surface area contributed by atoms with Crippen LogP contribution in [0.5, 0.6) is 0 Å². The van der Waals surface area contributed by atoms with Crippen LogP contribution in [0.1, 0.15) is 40.8 Å². The molecule has 5 nitrogen and oxygen atoms in total. The number of hydrogen-bond donors (Lipinski definition) is 2. The molecule has 0 bridgehead atoms. The summed E-state index contributed by atoms with van der Waals surface area (Å²) in [5.74, 6) is 0.521. The lowest BCUT2D eigenvalue weighted by atomic mass is 10.2. The highest BCUT2D eigenvalue weighted by atomic mass is 32.1. The first-order valence-corrected chi connectivity index (χ1v) is 8.38. The molecule has 3 rings (SSSR count). The predicted octanol–water partition coefficient (Wildman–Crippen LogP) is 3.11. The second kappa shape index (κ2) is 6.44. The van der Waals surface area contributed by atoms with Gasteiger partial charge >= 0.3 is 6.03 Å². The molecule has 0 aromatic carbocycles. The summed E-state index contributed by atoms with van der Waals surface area (Å²) in [6.07, 6.45) is 4.05. The van der Waals surface area contributed by atoms with Crippen molar-refractivity contribution in [2.45, 2.75) is 39.3 Å². The van der Waals surface area contributed by atoms with Gasteiger partial charge in [-0.3, -0.25) is 4.98 Å². The molecule has 1 atom stereocenters. The molecule has 22 heavy (non-hydrogen) atoms. The summed E-state index contributed by atoms with van der Waals surface area (Å²) in [7, 11) is 0. The zero-order valence-electron chi connectivity index (χ0n) is 12.8. The summed E-state index contributed by atoms with van der Waals surface area (Å²) in [4.78, 5) is 21.0. The molecule has 1 aliphatic carbocycles. The molecule has 1 aliphatic rings. The molecule has 2 heterocycles. The van der Waals surface area contributed by atoms with Crippen molar-refractivity contribution in [1.82, 2.24) is 20.6 Å². The molecule has 0 aliphatic heterocycles. The molecular weight excluding hydrogens is 296 g/mol. The van der Waals surface area contributed by atoms with Crippen LogP contribution in [-0.2, 0) is 6.54 Å². The maximum Gasteiger partial charge on any atom is 0.315 e. The van der Waals surface area contributed by atoms with Gasteiger partial charge in [-0.15, -0.1) is 11.3 Å². The molecule has 116 valence electrons. The minimum atomic E-state index is -0.158. The lowest BCUT2D eigenvalue weighted by molar-refractivity contribution is 0.235. The Morgan fingerprint density at radius 3 is 2.91 bits per heavy atom. The molecule has 0 radical (unpaired) electrons. The molecule has 2 N–H and O–H groups in total. The molecule has 1 saturated carbocycles. The summed E-state index contributed by atoms with van der Waals surface area (Å²) >= 11 is 1.62. The molecule has 1 fully saturated rings. The minimum absolute atomic E-state index is 0.0310. The summed E-state index contributed by atoms with van der Waals surface area (Å²) in [5, 5.41) is 9.00. The van der Waals surface area contributed by atoms with Gasteiger partial charge in [0, 0.05) is 17.3 Å². The van der Waals surface area contributed by atoms with E-state index in [2.05, 4.69) is 20.6 Å². The van der Waals surface area contributed by atoms with Gasteiger partial charge in [-0.05, 0) is 44.2 Å². The zero-order valence-corrected chi connectivity index (χ0v) is 13.6. The van der Waals surface area contributed by atoms with E-state index >= 15 is 0 Å². The van der Waals surface area contributed by atoms with Crippen molar-refractivity contribution in [3.8, 4) is 0 Å². The van der Waals surface area contributed by atoms with E-state index in [4.69, 9.17) is 0 Å². The topological polar surface area (TPSA) is 66.9 Å². The van der Waals surface area contributed by atoms with Crippen molar-refractivity contribution in [2.24, 2.45) is 5.92 Å². The van der Waals surface area contributed by atoms with Crippen LogP contribution in [0.4, 0.5) is 4.79 Å². The van der Waals surface area contributed by atoms with Gasteiger partial charge in [-0.2, -0.15) is 0 Å². The number of pyridine rings is 1. The van der Waals surface area contributed by atoms with E-state index in [0.717, 1.165) is 34.8 Å². The highest BCUT2D eigenvalue weighted by molar-refractivity contribution is 7.09. The normalized spacial score (nSPS) is 15.4. The van der Waals surface area contributed by atoms with Crippen molar-refractivity contribution in [3.05, 3.63) is 45.7 Å². The zero-order chi connectivity index (χ0) is 15.5. The number of urea groups is 1. The monoisotopic (exact) mass is 316 g/mol. The summed E-state index contributed by atoms with van der Waals surface area (Å²) in [5.41, 5.74) is 2.99. The van der Waals surface area contributed by atoms with Crippen LogP contribution in [-0.4, -0.2) is 16.0 Å². The van der Waals surface area contributed by atoms with Gasteiger partial charge in [0.2, 0.25) is 0 Å². The maximum atomic E-state index is 12.2. The number of thiazole rings is 1. The highest BCUT2D eigenvalue weighted by Crippen LogP contribution is 2.41. The molecule has 2 aromatic rings. The predicted molar refractivity (Wildman–Crippen MR) is 86.7 cm³/mol. The fraction of sp³-hybridized carbons (Fsp3) is 0.438. The largest absolute Gasteiger partial charge is 0.332 e. The molecule has 0 saturated heterocycles. The third-order valence-corrected chi connectivity index (χ3v) is 4.86. The van der Waals surface area contributed by atoms with E-state index in [-0.39, 0.29) is 12.1 Å². The number of hydrogen-bond acceptors (Lipinski definition) is 4. The average Bonchev–Trinajstić information content (AvgIpc) is 3.25. The van der Waals surface area contributed by atoms with E-state index < -0.39 is 0 Å². The number of aromatic nitrogens is 2. The summed E-state index contributed by atoms with van der Waals surface area (Å²) in [6, 6.07) is 3.76. The van der Waals surface area contributed by atoms with E-state index in [1.54, 1.807) is 17.5 Å². The van der Waals surface area contributed by atoms with Crippen LogP contribution in [0.3, 0.4) is 0 Å². The molecule has 6 heteroatoms. The van der Waals surface area contributed by atoms with Crippen molar-refractivity contribution in [2.75, 3.05) is 0 Å². The van der Waals surface area contributed by atoms with Crippen LogP contribution < -0.4 is 10.6 Å². The number of aryl methyl sites for hydroxylation is 2.